The smallest absolute Gasteiger partial charge is 0.237 e. The minimum Gasteiger partial charge on any atom is -0.396 e. The fourth-order valence-electron chi connectivity index (χ4n) is 1.87. The molecule has 1 aromatic carbocycles. The van der Waals surface area contributed by atoms with Crippen LogP contribution in [0.1, 0.15) is 32.3 Å². The number of benzene rings is 1. The molecular weight excluding hydrogens is 240 g/mol. The summed E-state index contributed by atoms with van der Waals surface area (Å²) in [5.41, 5.74) is 6.65. The zero-order valence-corrected chi connectivity index (χ0v) is 11.7. The lowest BCUT2D eigenvalue weighted by Gasteiger charge is -2.27. The Labute approximate surface area is 115 Å². The van der Waals surface area contributed by atoms with Crippen molar-refractivity contribution in [1.29, 1.82) is 0 Å². The largest absolute Gasteiger partial charge is 0.396 e. The molecule has 1 amide bonds. The lowest BCUT2D eigenvalue weighted by molar-refractivity contribution is -0.124. The van der Waals surface area contributed by atoms with E-state index in [4.69, 9.17) is 10.8 Å². The summed E-state index contributed by atoms with van der Waals surface area (Å²) in [6.07, 6.45) is 1.92. The molecule has 1 aromatic rings. The molecule has 0 fully saturated rings. The van der Waals surface area contributed by atoms with Gasteiger partial charge >= 0.3 is 0 Å². The number of carbonyl (C=O) groups is 1. The van der Waals surface area contributed by atoms with Gasteiger partial charge in [0.15, 0.2) is 0 Å². The SMILES string of the molecule is CC(C)(CCO)NC(=O)C(N)CCc1ccccc1. The molecule has 0 bridgehead atoms. The Morgan fingerprint density at radius 2 is 2.00 bits per heavy atom. The van der Waals surface area contributed by atoms with E-state index in [1.165, 1.54) is 5.56 Å². The van der Waals surface area contributed by atoms with Crippen molar-refractivity contribution in [2.75, 3.05) is 6.61 Å². The van der Waals surface area contributed by atoms with Gasteiger partial charge in [0.1, 0.15) is 0 Å². The number of hydrogen-bond donors (Lipinski definition) is 3. The number of rotatable bonds is 7. The van der Waals surface area contributed by atoms with Crippen LogP contribution in [-0.2, 0) is 11.2 Å². The first-order chi connectivity index (χ1) is 8.94. The van der Waals surface area contributed by atoms with Gasteiger partial charge in [0.05, 0.1) is 6.04 Å². The van der Waals surface area contributed by atoms with Crippen molar-refractivity contribution in [3.8, 4) is 0 Å². The Morgan fingerprint density at radius 3 is 2.58 bits per heavy atom. The molecule has 0 aliphatic rings. The second-order valence-electron chi connectivity index (χ2n) is 5.48. The molecule has 0 saturated heterocycles. The van der Waals surface area contributed by atoms with Crippen molar-refractivity contribution in [2.45, 2.75) is 44.7 Å². The first kappa shape index (κ1) is 15.7. The summed E-state index contributed by atoms with van der Waals surface area (Å²) in [5.74, 6) is -0.158. The van der Waals surface area contributed by atoms with E-state index in [0.717, 1.165) is 6.42 Å². The summed E-state index contributed by atoms with van der Waals surface area (Å²) in [5, 5.41) is 11.8. The van der Waals surface area contributed by atoms with Crippen molar-refractivity contribution in [1.82, 2.24) is 5.32 Å². The number of aliphatic hydroxyl groups excluding tert-OH is 1. The molecule has 0 saturated carbocycles. The van der Waals surface area contributed by atoms with Crippen LogP contribution in [0.4, 0.5) is 0 Å². The van der Waals surface area contributed by atoms with Crippen LogP contribution in [0.2, 0.25) is 0 Å². The number of amides is 1. The third-order valence-corrected chi connectivity index (χ3v) is 3.12. The summed E-state index contributed by atoms with van der Waals surface area (Å²) < 4.78 is 0. The van der Waals surface area contributed by atoms with Crippen molar-refractivity contribution >= 4 is 5.91 Å². The fourth-order valence-corrected chi connectivity index (χ4v) is 1.87. The van der Waals surface area contributed by atoms with E-state index in [0.29, 0.717) is 12.8 Å². The summed E-state index contributed by atoms with van der Waals surface area (Å²) in [6.45, 7) is 3.81. The van der Waals surface area contributed by atoms with Gasteiger partial charge in [-0.25, -0.2) is 0 Å². The number of hydrogen-bond acceptors (Lipinski definition) is 3. The second-order valence-corrected chi connectivity index (χ2v) is 5.48. The minimum atomic E-state index is -0.516. The van der Waals surface area contributed by atoms with Crippen LogP contribution in [0.25, 0.3) is 0 Å². The maximum absolute atomic E-state index is 11.9. The third-order valence-electron chi connectivity index (χ3n) is 3.12. The van der Waals surface area contributed by atoms with Crippen molar-refractivity contribution in [3.05, 3.63) is 35.9 Å². The molecule has 0 aromatic heterocycles. The lowest BCUT2D eigenvalue weighted by atomic mass is 9.99. The van der Waals surface area contributed by atoms with Crippen molar-refractivity contribution in [2.24, 2.45) is 5.73 Å². The Morgan fingerprint density at radius 1 is 1.37 bits per heavy atom. The average molecular weight is 264 g/mol. The molecule has 0 heterocycles. The summed E-state index contributed by atoms with van der Waals surface area (Å²) >= 11 is 0. The van der Waals surface area contributed by atoms with Crippen molar-refractivity contribution < 1.29 is 9.90 Å². The first-order valence-corrected chi connectivity index (χ1v) is 6.67. The summed E-state index contributed by atoms with van der Waals surface area (Å²) in [6, 6.07) is 9.46. The second kappa shape index (κ2) is 7.26. The first-order valence-electron chi connectivity index (χ1n) is 6.67. The number of carbonyl (C=O) groups excluding carboxylic acids is 1. The molecule has 1 atom stereocenters. The van der Waals surface area contributed by atoms with E-state index in [-0.39, 0.29) is 12.5 Å². The topological polar surface area (TPSA) is 75.3 Å². The molecule has 106 valence electrons. The molecule has 0 aliphatic heterocycles. The van der Waals surface area contributed by atoms with Crippen LogP contribution in [0.3, 0.4) is 0 Å². The van der Waals surface area contributed by atoms with E-state index >= 15 is 0 Å². The predicted octanol–water partition coefficient (Wildman–Crippen LogP) is 1.22. The fraction of sp³-hybridized carbons (Fsp3) is 0.533. The van der Waals surface area contributed by atoms with E-state index < -0.39 is 11.6 Å². The number of aryl methyl sites for hydroxylation is 1. The van der Waals surface area contributed by atoms with Crippen LogP contribution in [-0.4, -0.2) is 29.2 Å². The predicted molar refractivity (Wildman–Crippen MR) is 76.7 cm³/mol. The Kier molecular flexibility index (Phi) is 5.99. The third kappa shape index (κ3) is 5.85. The molecule has 4 nitrogen and oxygen atoms in total. The Balaban J connectivity index is 2.41. The van der Waals surface area contributed by atoms with Crippen molar-refractivity contribution in [3.63, 3.8) is 0 Å². The van der Waals surface area contributed by atoms with E-state index in [1.807, 2.05) is 44.2 Å². The molecule has 0 aliphatic carbocycles. The highest BCUT2D eigenvalue weighted by Crippen LogP contribution is 2.09. The Hall–Kier alpha value is -1.39. The summed E-state index contributed by atoms with van der Waals surface area (Å²) in [7, 11) is 0. The van der Waals surface area contributed by atoms with Crippen LogP contribution in [0.5, 0.6) is 0 Å². The number of nitrogens with two attached hydrogens (primary N) is 1. The normalized spacial score (nSPS) is 13.1. The molecule has 1 unspecified atom stereocenters. The Bertz CT molecular complexity index is 390. The highest BCUT2D eigenvalue weighted by molar-refractivity contribution is 5.82. The zero-order valence-electron chi connectivity index (χ0n) is 11.7. The maximum atomic E-state index is 11.9. The quantitative estimate of drug-likeness (QED) is 0.693. The highest BCUT2D eigenvalue weighted by Gasteiger charge is 2.23. The van der Waals surface area contributed by atoms with E-state index in [2.05, 4.69) is 5.32 Å². The van der Waals surface area contributed by atoms with Gasteiger partial charge in [0, 0.05) is 12.1 Å². The molecule has 19 heavy (non-hydrogen) atoms. The molecule has 0 spiro atoms. The van der Waals surface area contributed by atoms with Gasteiger partial charge in [-0.05, 0) is 38.7 Å². The maximum Gasteiger partial charge on any atom is 0.237 e. The van der Waals surface area contributed by atoms with Crippen LogP contribution >= 0.6 is 0 Å². The molecule has 1 rings (SSSR count). The average Bonchev–Trinajstić information content (AvgIpc) is 2.36. The molecule has 4 N–H and O–H groups in total. The van der Waals surface area contributed by atoms with Gasteiger partial charge in [-0.15, -0.1) is 0 Å². The monoisotopic (exact) mass is 264 g/mol. The van der Waals surface area contributed by atoms with E-state index in [1.54, 1.807) is 0 Å². The van der Waals surface area contributed by atoms with Gasteiger partial charge in [-0.2, -0.15) is 0 Å². The van der Waals surface area contributed by atoms with Gasteiger partial charge in [-0.1, -0.05) is 30.3 Å². The number of nitrogens with one attached hydrogen (secondary N) is 1. The van der Waals surface area contributed by atoms with Crippen LogP contribution < -0.4 is 11.1 Å². The van der Waals surface area contributed by atoms with Gasteiger partial charge < -0.3 is 16.2 Å². The van der Waals surface area contributed by atoms with Gasteiger partial charge in [-0.3, -0.25) is 4.79 Å². The van der Waals surface area contributed by atoms with Crippen LogP contribution in [0, 0.1) is 0 Å². The molecule has 0 radical (unpaired) electrons. The minimum absolute atomic E-state index is 0.0481. The van der Waals surface area contributed by atoms with Gasteiger partial charge in [0.25, 0.3) is 0 Å². The van der Waals surface area contributed by atoms with Crippen LogP contribution in [0.15, 0.2) is 30.3 Å². The van der Waals surface area contributed by atoms with E-state index in [9.17, 15) is 4.79 Å². The summed E-state index contributed by atoms with van der Waals surface area (Å²) in [4.78, 5) is 11.9. The standard InChI is InChI=1S/C15H24N2O2/c1-15(2,10-11-18)17-14(19)13(16)9-8-12-6-4-3-5-7-12/h3-7,13,18H,8-11,16H2,1-2H3,(H,17,19). The molecule has 4 heteroatoms. The van der Waals surface area contributed by atoms with Gasteiger partial charge in [0.2, 0.25) is 5.91 Å². The highest BCUT2D eigenvalue weighted by atomic mass is 16.3. The number of aliphatic hydroxyl groups is 1. The zero-order chi connectivity index (χ0) is 14.3. The molecular formula is C15H24N2O2. The lowest BCUT2D eigenvalue weighted by Crippen LogP contribution is -2.51.